The SMILES string of the molecule is O=[N+]([O-])c1cccc(Cl)c1NCCNS(=O)(=O)c1ccc2ccccc2c1. The largest absolute Gasteiger partial charge is 0.377 e. The molecule has 9 heteroatoms. The molecule has 0 saturated heterocycles. The molecule has 2 N–H and O–H groups in total. The molecule has 27 heavy (non-hydrogen) atoms. The molecular formula is C18H16ClN3O4S. The summed E-state index contributed by atoms with van der Waals surface area (Å²) in [6, 6.07) is 16.7. The van der Waals surface area contributed by atoms with Crippen LogP contribution in [0.5, 0.6) is 0 Å². The smallest absolute Gasteiger partial charge is 0.293 e. The minimum atomic E-state index is -3.70. The van der Waals surface area contributed by atoms with Gasteiger partial charge in [0.05, 0.1) is 14.8 Å². The van der Waals surface area contributed by atoms with Gasteiger partial charge in [-0.3, -0.25) is 10.1 Å². The predicted molar refractivity (Wildman–Crippen MR) is 106 cm³/mol. The minimum Gasteiger partial charge on any atom is -0.377 e. The second-order valence-electron chi connectivity index (χ2n) is 5.72. The molecule has 0 amide bonds. The van der Waals surface area contributed by atoms with Crippen molar-refractivity contribution in [3.8, 4) is 0 Å². The topological polar surface area (TPSA) is 101 Å². The summed E-state index contributed by atoms with van der Waals surface area (Å²) in [7, 11) is -3.70. The summed E-state index contributed by atoms with van der Waals surface area (Å²) in [5, 5.41) is 15.8. The molecule has 0 heterocycles. The molecule has 0 aromatic heterocycles. The fraction of sp³-hybridized carbons (Fsp3) is 0.111. The van der Waals surface area contributed by atoms with Gasteiger partial charge in [0.1, 0.15) is 5.69 Å². The van der Waals surface area contributed by atoms with E-state index in [4.69, 9.17) is 11.6 Å². The highest BCUT2D eigenvalue weighted by molar-refractivity contribution is 7.89. The summed E-state index contributed by atoms with van der Waals surface area (Å²) < 4.78 is 27.4. The Morgan fingerprint density at radius 3 is 2.44 bits per heavy atom. The van der Waals surface area contributed by atoms with E-state index in [2.05, 4.69) is 10.0 Å². The molecule has 0 unspecified atom stereocenters. The van der Waals surface area contributed by atoms with E-state index in [1.54, 1.807) is 12.1 Å². The Morgan fingerprint density at radius 1 is 0.963 bits per heavy atom. The van der Waals surface area contributed by atoms with Gasteiger partial charge in [-0.05, 0) is 29.0 Å². The molecule has 3 rings (SSSR count). The molecular weight excluding hydrogens is 390 g/mol. The number of nitro groups is 1. The van der Waals surface area contributed by atoms with E-state index in [9.17, 15) is 18.5 Å². The number of nitrogens with zero attached hydrogens (tertiary/aromatic N) is 1. The van der Waals surface area contributed by atoms with Gasteiger partial charge in [0.2, 0.25) is 10.0 Å². The average Bonchev–Trinajstić information content (AvgIpc) is 2.65. The molecule has 3 aromatic carbocycles. The van der Waals surface area contributed by atoms with E-state index in [-0.39, 0.29) is 34.4 Å². The van der Waals surface area contributed by atoms with Crippen LogP contribution in [-0.2, 0) is 10.0 Å². The number of nitro benzene ring substituents is 1. The molecule has 0 aliphatic heterocycles. The monoisotopic (exact) mass is 405 g/mol. The van der Waals surface area contributed by atoms with Crippen LogP contribution in [0.25, 0.3) is 10.8 Å². The Labute approximate surface area is 161 Å². The second kappa shape index (κ2) is 7.91. The number of sulfonamides is 1. The maximum atomic E-state index is 12.5. The van der Waals surface area contributed by atoms with Crippen LogP contribution in [0.15, 0.2) is 65.6 Å². The summed E-state index contributed by atoms with van der Waals surface area (Å²) >= 11 is 5.99. The summed E-state index contributed by atoms with van der Waals surface area (Å²) in [5.74, 6) is 0. The van der Waals surface area contributed by atoms with Gasteiger partial charge in [-0.2, -0.15) is 0 Å². The van der Waals surface area contributed by atoms with Gasteiger partial charge in [0.15, 0.2) is 0 Å². The summed E-state index contributed by atoms with van der Waals surface area (Å²) in [6.07, 6.45) is 0. The third-order valence-electron chi connectivity index (χ3n) is 3.94. The zero-order valence-corrected chi connectivity index (χ0v) is 15.6. The lowest BCUT2D eigenvalue weighted by molar-refractivity contribution is -0.383. The normalized spacial score (nSPS) is 11.4. The van der Waals surface area contributed by atoms with Crippen LogP contribution in [0, 0.1) is 10.1 Å². The van der Waals surface area contributed by atoms with Gasteiger partial charge in [-0.15, -0.1) is 0 Å². The van der Waals surface area contributed by atoms with Gasteiger partial charge >= 0.3 is 0 Å². The second-order valence-corrected chi connectivity index (χ2v) is 7.90. The van der Waals surface area contributed by atoms with Gasteiger partial charge < -0.3 is 5.32 Å². The summed E-state index contributed by atoms with van der Waals surface area (Å²) in [5.41, 5.74) is -0.00560. The van der Waals surface area contributed by atoms with Gasteiger partial charge in [0, 0.05) is 19.2 Å². The molecule has 0 aliphatic rings. The van der Waals surface area contributed by atoms with Crippen molar-refractivity contribution in [3.63, 3.8) is 0 Å². The molecule has 0 atom stereocenters. The van der Waals surface area contributed by atoms with Crippen molar-refractivity contribution in [2.45, 2.75) is 4.90 Å². The van der Waals surface area contributed by atoms with Crippen molar-refractivity contribution >= 4 is 43.8 Å². The predicted octanol–water partition coefficient (Wildman–Crippen LogP) is 3.79. The lowest BCUT2D eigenvalue weighted by atomic mass is 10.1. The maximum Gasteiger partial charge on any atom is 0.293 e. The number of rotatable bonds is 7. The highest BCUT2D eigenvalue weighted by atomic mass is 35.5. The molecule has 0 spiro atoms. The first-order chi connectivity index (χ1) is 12.9. The molecule has 0 fully saturated rings. The quantitative estimate of drug-likeness (QED) is 0.353. The van der Waals surface area contributed by atoms with Crippen LogP contribution in [0.2, 0.25) is 5.02 Å². The van der Waals surface area contributed by atoms with E-state index >= 15 is 0 Å². The van der Waals surface area contributed by atoms with Crippen molar-refractivity contribution in [1.29, 1.82) is 0 Å². The lowest BCUT2D eigenvalue weighted by Crippen LogP contribution is -2.29. The van der Waals surface area contributed by atoms with Crippen molar-refractivity contribution in [2.75, 3.05) is 18.4 Å². The lowest BCUT2D eigenvalue weighted by Gasteiger charge is -2.11. The Bertz CT molecular complexity index is 1100. The third-order valence-corrected chi connectivity index (χ3v) is 5.71. The van der Waals surface area contributed by atoms with Gasteiger partial charge in [-0.25, -0.2) is 13.1 Å². The molecule has 3 aromatic rings. The van der Waals surface area contributed by atoms with Crippen LogP contribution >= 0.6 is 11.6 Å². The Balaban J connectivity index is 1.67. The third kappa shape index (κ3) is 4.36. The number of halogens is 1. The number of hydrogen-bond acceptors (Lipinski definition) is 5. The molecule has 7 nitrogen and oxygen atoms in total. The number of benzene rings is 3. The molecule has 0 bridgehead atoms. The highest BCUT2D eigenvalue weighted by Gasteiger charge is 2.17. The van der Waals surface area contributed by atoms with Crippen molar-refractivity contribution in [1.82, 2.24) is 4.72 Å². The summed E-state index contributed by atoms with van der Waals surface area (Å²) in [6.45, 7) is 0.176. The van der Waals surface area contributed by atoms with Crippen LogP contribution in [0.3, 0.4) is 0 Å². The molecule has 140 valence electrons. The Morgan fingerprint density at radius 2 is 1.70 bits per heavy atom. The van der Waals surface area contributed by atoms with Gasteiger partial charge in [-0.1, -0.05) is 48.0 Å². The standard InChI is InChI=1S/C18H16ClN3O4S/c19-16-6-3-7-17(22(23)24)18(16)20-10-11-21-27(25,26)15-9-8-13-4-1-2-5-14(13)12-15/h1-9,12,20-21H,10-11H2. The van der Waals surface area contributed by atoms with E-state index in [1.807, 2.05) is 24.3 Å². The number of para-hydroxylation sites is 1. The average molecular weight is 406 g/mol. The van der Waals surface area contributed by atoms with E-state index in [1.165, 1.54) is 24.3 Å². The molecule has 0 saturated carbocycles. The minimum absolute atomic E-state index is 0.0392. The summed E-state index contributed by atoms with van der Waals surface area (Å²) in [4.78, 5) is 10.7. The van der Waals surface area contributed by atoms with E-state index < -0.39 is 14.9 Å². The van der Waals surface area contributed by atoms with E-state index in [0.717, 1.165) is 10.8 Å². The van der Waals surface area contributed by atoms with Crippen LogP contribution < -0.4 is 10.0 Å². The fourth-order valence-electron chi connectivity index (χ4n) is 2.63. The van der Waals surface area contributed by atoms with Gasteiger partial charge in [0.25, 0.3) is 5.69 Å². The van der Waals surface area contributed by atoms with Crippen molar-refractivity contribution < 1.29 is 13.3 Å². The first kappa shape index (κ1) is 19.1. The van der Waals surface area contributed by atoms with Crippen LogP contribution in [0.4, 0.5) is 11.4 Å². The maximum absolute atomic E-state index is 12.5. The van der Waals surface area contributed by atoms with E-state index in [0.29, 0.717) is 0 Å². The zero-order chi connectivity index (χ0) is 19.4. The highest BCUT2D eigenvalue weighted by Crippen LogP contribution is 2.31. The molecule has 0 aliphatic carbocycles. The molecule has 0 radical (unpaired) electrons. The van der Waals surface area contributed by atoms with Crippen molar-refractivity contribution in [3.05, 3.63) is 75.8 Å². The Kier molecular flexibility index (Phi) is 5.59. The number of anilines is 1. The number of nitrogens with one attached hydrogen (secondary N) is 2. The first-order valence-corrected chi connectivity index (χ1v) is 9.90. The van der Waals surface area contributed by atoms with Crippen LogP contribution in [0.1, 0.15) is 0 Å². The van der Waals surface area contributed by atoms with Crippen LogP contribution in [-0.4, -0.2) is 26.4 Å². The fourth-order valence-corrected chi connectivity index (χ4v) is 3.93. The number of fused-ring (bicyclic) bond motifs is 1. The first-order valence-electron chi connectivity index (χ1n) is 8.04. The number of hydrogen-bond donors (Lipinski definition) is 2. The Hall–Kier alpha value is -2.68. The van der Waals surface area contributed by atoms with Crippen molar-refractivity contribution in [2.24, 2.45) is 0 Å². The zero-order valence-electron chi connectivity index (χ0n) is 14.1.